The Labute approximate surface area is 184 Å². The molecule has 2 amide bonds. The molecule has 1 aliphatic rings. The Balaban J connectivity index is 1.57. The second-order valence-electron chi connectivity index (χ2n) is 7.06. The van der Waals surface area contributed by atoms with E-state index in [0.29, 0.717) is 12.0 Å². The molecule has 12 heteroatoms. The monoisotopic (exact) mass is 466 g/mol. The van der Waals surface area contributed by atoms with E-state index in [-0.39, 0.29) is 55.2 Å². The van der Waals surface area contributed by atoms with Gasteiger partial charge in [0.1, 0.15) is 5.82 Å². The number of benzene rings is 2. The molecular weight excluding hydrogens is 443 g/mol. The van der Waals surface area contributed by atoms with Crippen LogP contribution < -0.4 is 10.1 Å². The molecule has 0 aromatic heterocycles. The van der Waals surface area contributed by atoms with Crippen LogP contribution in [0.25, 0.3) is 0 Å². The molecule has 32 heavy (non-hydrogen) atoms. The topological polar surface area (TPSA) is 122 Å². The van der Waals surface area contributed by atoms with Crippen LogP contribution in [-0.2, 0) is 16.4 Å². The molecular formula is C20H23FN4O6S. The van der Waals surface area contributed by atoms with Gasteiger partial charge >= 0.3 is 11.7 Å². The molecule has 172 valence electrons. The van der Waals surface area contributed by atoms with Crippen molar-refractivity contribution < 1.29 is 27.3 Å². The fraction of sp³-hybridized carbons (Fsp3) is 0.350. The van der Waals surface area contributed by atoms with Gasteiger partial charge in [0, 0.05) is 38.8 Å². The third-order valence-electron chi connectivity index (χ3n) is 5.14. The Morgan fingerprint density at radius 2 is 1.88 bits per heavy atom. The van der Waals surface area contributed by atoms with Crippen molar-refractivity contribution in [3.8, 4) is 5.75 Å². The highest BCUT2D eigenvalue weighted by Crippen LogP contribution is 2.30. The van der Waals surface area contributed by atoms with Crippen LogP contribution in [-0.4, -0.2) is 68.4 Å². The van der Waals surface area contributed by atoms with Crippen molar-refractivity contribution in [2.75, 3.05) is 39.8 Å². The van der Waals surface area contributed by atoms with Gasteiger partial charge in [-0.05, 0) is 30.2 Å². The average Bonchev–Trinajstić information content (AvgIpc) is 2.79. The molecule has 1 aliphatic heterocycles. The molecule has 1 heterocycles. The minimum atomic E-state index is -3.98. The predicted octanol–water partition coefficient (Wildman–Crippen LogP) is 2.00. The van der Waals surface area contributed by atoms with Crippen LogP contribution in [0.2, 0.25) is 0 Å². The largest absolute Gasteiger partial charge is 0.490 e. The van der Waals surface area contributed by atoms with Crippen molar-refractivity contribution in [3.05, 3.63) is 64.0 Å². The van der Waals surface area contributed by atoms with E-state index in [9.17, 15) is 27.7 Å². The number of hydrogen-bond acceptors (Lipinski definition) is 6. The zero-order valence-electron chi connectivity index (χ0n) is 17.4. The molecule has 1 fully saturated rings. The molecule has 1 N–H and O–H groups in total. The lowest BCUT2D eigenvalue weighted by Crippen LogP contribution is -2.53. The summed E-state index contributed by atoms with van der Waals surface area (Å²) in [5.41, 5.74) is 0.0544. The molecule has 0 spiro atoms. The first-order valence-electron chi connectivity index (χ1n) is 9.83. The molecule has 0 atom stereocenters. The number of hydrogen-bond donors (Lipinski definition) is 1. The van der Waals surface area contributed by atoms with Crippen molar-refractivity contribution in [2.24, 2.45) is 0 Å². The number of carbonyl (C=O) groups excluding carboxylic acids is 1. The minimum absolute atomic E-state index is 0.0363. The van der Waals surface area contributed by atoms with Crippen LogP contribution in [0.1, 0.15) is 5.56 Å². The van der Waals surface area contributed by atoms with Gasteiger partial charge in [-0.3, -0.25) is 10.1 Å². The summed E-state index contributed by atoms with van der Waals surface area (Å²) in [4.78, 5) is 24.1. The molecule has 0 radical (unpaired) electrons. The summed E-state index contributed by atoms with van der Waals surface area (Å²) in [6.07, 6.45) is 0.336. The zero-order valence-corrected chi connectivity index (χ0v) is 18.2. The maximum Gasteiger partial charge on any atom is 0.317 e. The van der Waals surface area contributed by atoms with E-state index in [1.165, 1.54) is 34.5 Å². The molecule has 0 bridgehead atoms. The number of methoxy groups -OCH3 is 1. The Kier molecular flexibility index (Phi) is 7.26. The highest BCUT2D eigenvalue weighted by Gasteiger charge is 2.31. The summed E-state index contributed by atoms with van der Waals surface area (Å²) in [6, 6.07) is 9.41. The van der Waals surface area contributed by atoms with Crippen LogP contribution in [0.5, 0.6) is 5.75 Å². The van der Waals surface area contributed by atoms with Crippen LogP contribution in [0, 0.1) is 15.9 Å². The Morgan fingerprint density at radius 3 is 2.50 bits per heavy atom. The summed E-state index contributed by atoms with van der Waals surface area (Å²) in [5.74, 6) is -0.370. The Hall–Kier alpha value is -3.25. The molecule has 0 aliphatic carbocycles. The fourth-order valence-corrected chi connectivity index (χ4v) is 4.81. The second-order valence-corrected chi connectivity index (χ2v) is 8.99. The number of piperazine rings is 1. The first-order valence-corrected chi connectivity index (χ1v) is 11.3. The van der Waals surface area contributed by atoms with Crippen molar-refractivity contribution in [1.82, 2.24) is 14.5 Å². The number of rotatable bonds is 7. The summed E-state index contributed by atoms with van der Waals surface area (Å²) in [7, 11) is -2.72. The first-order chi connectivity index (χ1) is 15.2. The maximum absolute atomic E-state index is 13.6. The van der Waals surface area contributed by atoms with Gasteiger partial charge in [-0.2, -0.15) is 4.31 Å². The third kappa shape index (κ3) is 5.14. The lowest BCUT2D eigenvalue weighted by molar-refractivity contribution is -0.386. The minimum Gasteiger partial charge on any atom is -0.490 e. The second kappa shape index (κ2) is 9.92. The van der Waals surface area contributed by atoms with Crippen LogP contribution >= 0.6 is 0 Å². The maximum atomic E-state index is 13.6. The lowest BCUT2D eigenvalue weighted by Gasteiger charge is -2.34. The summed E-state index contributed by atoms with van der Waals surface area (Å²) in [5, 5.41) is 13.9. The van der Waals surface area contributed by atoms with Gasteiger partial charge in [-0.15, -0.1) is 0 Å². The van der Waals surface area contributed by atoms with E-state index < -0.39 is 20.6 Å². The van der Waals surface area contributed by atoms with Gasteiger partial charge < -0.3 is 15.0 Å². The molecule has 2 aromatic carbocycles. The molecule has 2 aromatic rings. The number of nitro benzene ring substituents is 1. The lowest BCUT2D eigenvalue weighted by atomic mass is 10.1. The highest BCUT2D eigenvalue weighted by atomic mass is 32.2. The van der Waals surface area contributed by atoms with Crippen molar-refractivity contribution in [1.29, 1.82) is 0 Å². The predicted molar refractivity (Wildman–Crippen MR) is 113 cm³/mol. The summed E-state index contributed by atoms with van der Waals surface area (Å²) < 4.78 is 45.5. The van der Waals surface area contributed by atoms with Gasteiger partial charge in [0.2, 0.25) is 10.0 Å². The van der Waals surface area contributed by atoms with E-state index in [2.05, 4.69) is 5.32 Å². The number of nitrogens with zero attached hydrogens (tertiary/aromatic N) is 3. The normalized spacial score (nSPS) is 14.8. The van der Waals surface area contributed by atoms with Crippen molar-refractivity contribution >= 4 is 21.7 Å². The van der Waals surface area contributed by atoms with Gasteiger partial charge in [-0.25, -0.2) is 17.6 Å². The molecule has 1 saturated heterocycles. The highest BCUT2D eigenvalue weighted by molar-refractivity contribution is 7.89. The van der Waals surface area contributed by atoms with Gasteiger partial charge in [0.05, 0.1) is 16.9 Å². The quantitative estimate of drug-likeness (QED) is 0.492. The van der Waals surface area contributed by atoms with E-state index in [1.807, 2.05) is 0 Å². The van der Waals surface area contributed by atoms with Crippen molar-refractivity contribution in [2.45, 2.75) is 11.3 Å². The van der Waals surface area contributed by atoms with E-state index in [0.717, 1.165) is 6.07 Å². The standard InChI is InChI=1S/C20H23FN4O6S/c1-31-19-7-6-16(14-18(19)25(27)28)32(29,30)24-12-10-23(11-13-24)20(26)22-9-8-15-4-2-3-5-17(15)21/h2-7,14H,8-13H2,1H3,(H,22,26). The Morgan fingerprint density at radius 1 is 1.19 bits per heavy atom. The van der Waals surface area contributed by atoms with Crippen LogP contribution in [0.4, 0.5) is 14.9 Å². The number of halogens is 1. The van der Waals surface area contributed by atoms with Crippen LogP contribution in [0.15, 0.2) is 47.4 Å². The van der Waals surface area contributed by atoms with Gasteiger partial charge in [-0.1, -0.05) is 18.2 Å². The average molecular weight is 466 g/mol. The number of urea groups is 1. The number of nitrogens with one attached hydrogen (secondary N) is 1. The molecule has 0 saturated carbocycles. The zero-order chi connectivity index (χ0) is 23.3. The van der Waals surface area contributed by atoms with Crippen molar-refractivity contribution in [3.63, 3.8) is 0 Å². The third-order valence-corrected chi connectivity index (χ3v) is 7.03. The smallest absolute Gasteiger partial charge is 0.317 e. The summed E-state index contributed by atoms with van der Waals surface area (Å²) in [6.45, 7) is 0.644. The van der Waals surface area contributed by atoms with E-state index in [4.69, 9.17) is 4.74 Å². The van der Waals surface area contributed by atoms with E-state index in [1.54, 1.807) is 18.2 Å². The number of sulfonamides is 1. The van der Waals surface area contributed by atoms with E-state index >= 15 is 0 Å². The van der Waals surface area contributed by atoms with Gasteiger partial charge in [0.25, 0.3) is 0 Å². The molecule has 0 unspecified atom stereocenters. The molecule has 3 rings (SSSR count). The number of nitro groups is 1. The fourth-order valence-electron chi connectivity index (χ4n) is 3.37. The molecule has 10 nitrogen and oxygen atoms in total. The number of ether oxygens (including phenoxy) is 1. The SMILES string of the molecule is COc1ccc(S(=O)(=O)N2CCN(C(=O)NCCc3ccccc3F)CC2)cc1[N+](=O)[O-]. The Bertz CT molecular complexity index is 1100. The summed E-state index contributed by atoms with van der Waals surface area (Å²) >= 11 is 0. The number of carbonyl (C=O) groups is 1. The van der Waals surface area contributed by atoms with Gasteiger partial charge in [0.15, 0.2) is 5.75 Å². The first kappa shape index (κ1) is 23.4. The van der Waals surface area contributed by atoms with Crippen LogP contribution in [0.3, 0.4) is 0 Å². The number of amides is 2.